The predicted octanol–water partition coefficient (Wildman–Crippen LogP) is 6.01. The van der Waals surface area contributed by atoms with Crippen LogP contribution in [0.4, 0.5) is 5.69 Å². The molecule has 0 aliphatic carbocycles. The summed E-state index contributed by atoms with van der Waals surface area (Å²) in [6, 6.07) is 23.4. The normalized spacial score (nSPS) is 15.5. The topological polar surface area (TPSA) is 75.3 Å². The fraction of sp³-hybridized carbons (Fsp3) is 0.233. The van der Waals surface area contributed by atoms with Crippen LogP contribution in [0.5, 0.6) is 0 Å². The highest BCUT2D eigenvalue weighted by atomic mass is 32.2. The summed E-state index contributed by atoms with van der Waals surface area (Å²) in [6.07, 6.45) is 4.99. The number of para-hydroxylation sites is 1. The maximum atomic E-state index is 13.5. The lowest BCUT2D eigenvalue weighted by molar-refractivity contribution is 0.0943. The van der Waals surface area contributed by atoms with Crippen LogP contribution < -0.4 is 10.6 Å². The Hall–Kier alpha value is -3.64. The van der Waals surface area contributed by atoms with Crippen LogP contribution in [0.1, 0.15) is 48.7 Å². The van der Waals surface area contributed by atoms with Gasteiger partial charge in [-0.3, -0.25) is 4.79 Å². The molecule has 0 fully saturated rings. The standard InChI is InChI=1S/C30H32N2O3S/c1-22-21-30(2,3)32-28-26(22)15-10-16-27(28)29(33)31-24(18-17-23-11-6-4-7-12-23)19-20-36(34,35)25-13-8-5-9-14-25/h4-16,19-21,24,32H,17-18H2,1-3H3,(H,31,33)/b20-19+/t24-/m0/s1. The summed E-state index contributed by atoms with van der Waals surface area (Å²) < 4.78 is 25.7. The molecule has 1 heterocycles. The van der Waals surface area contributed by atoms with Gasteiger partial charge < -0.3 is 10.6 Å². The Morgan fingerprint density at radius 3 is 2.33 bits per heavy atom. The van der Waals surface area contributed by atoms with Gasteiger partial charge in [0.15, 0.2) is 9.84 Å². The molecule has 2 N–H and O–H groups in total. The van der Waals surface area contributed by atoms with Gasteiger partial charge in [-0.15, -0.1) is 0 Å². The summed E-state index contributed by atoms with van der Waals surface area (Å²) in [5.41, 5.74) is 4.27. The number of rotatable bonds is 8. The van der Waals surface area contributed by atoms with Crippen molar-refractivity contribution < 1.29 is 13.2 Å². The summed E-state index contributed by atoms with van der Waals surface area (Å²) in [6.45, 7) is 6.17. The van der Waals surface area contributed by atoms with Crippen LogP contribution in [0.2, 0.25) is 0 Å². The zero-order valence-corrected chi connectivity index (χ0v) is 21.7. The monoisotopic (exact) mass is 500 g/mol. The lowest BCUT2D eigenvalue weighted by Gasteiger charge is -2.32. The summed E-state index contributed by atoms with van der Waals surface area (Å²) in [5.74, 6) is -0.246. The molecule has 0 unspecified atom stereocenters. The molecule has 0 saturated carbocycles. The van der Waals surface area contributed by atoms with Gasteiger partial charge in [0.2, 0.25) is 0 Å². The number of hydrogen-bond acceptors (Lipinski definition) is 4. The molecule has 6 heteroatoms. The molecule has 3 aromatic carbocycles. The van der Waals surface area contributed by atoms with E-state index >= 15 is 0 Å². The number of aryl methyl sites for hydroxylation is 1. The van der Waals surface area contributed by atoms with Gasteiger partial charge in [-0.25, -0.2) is 8.42 Å². The van der Waals surface area contributed by atoms with Gasteiger partial charge in [0.05, 0.1) is 21.7 Å². The largest absolute Gasteiger partial charge is 0.376 e. The summed E-state index contributed by atoms with van der Waals surface area (Å²) >= 11 is 0. The fourth-order valence-corrected chi connectivity index (χ4v) is 5.59. The van der Waals surface area contributed by atoms with E-state index < -0.39 is 15.9 Å². The highest BCUT2D eigenvalue weighted by Gasteiger charge is 2.27. The first kappa shape index (κ1) is 25.5. The second kappa shape index (κ2) is 10.5. The third-order valence-electron chi connectivity index (χ3n) is 6.22. The number of benzene rings is 3. The first-order valence-electron chi connectivity index (χ1n) is 12.1. The zero-order valence-electron chi connectivity index (χ0n) is 20.9. The lowest BCUT2D eigenvalue weighted by atomic mass is 9.89. The molecule has 1 amide bonds. The maximum Gasteiger partial charge on any atom is 0.253 e. The Bertz CT molecular complexity index is 1390. The minimum atomic E-state index is -3.63. The van der Waals surface area contributed by atoms with Crippen LogP contribution in [-0.4, -0.2) is 25.9 Å². The number of sulfone groups is 1. The maximum absolute atomic E-state index is 13.5. The van der Waals surface area contributed by atoms with E-state index in [-0.39, 0.29) is 16.3 Å². The summed E-state index contributed by atoms with van der Waals surface area (Å²) in [7, 11) is -3.63. The molecule has 1 aliphatic heterocycles. The molecule has 0 spiro atoms. The molecule has 1 atom stereocenters. The van der Waals surface area contributed by atoms with E-state index in [4.69, 9.17) is 0 Å². The molecule has 0 aromatic heterocycles. The molecule has 186 valence electrons. The number of fused-ring (bicyclic) bond motifs is 1. The third-order valence-corrected chi connectivity index (χ3v) is 7.67. The van der Waals surface area contributed by atoms with Crippen molar-refractivity contribution in [1.29, 1.82) is 0 Å². The molecule has 36 heavy (non-hydrogen) atoms. The smallest absolute Gasteiger partial charge is 0.253 e. The Labute approximate surface area is 213 Å². The van der Waals surface area contributed by atoms with Crippen molar-refractivity contribution in [3.05, 3.63) is 113 Å². The van der Waals surface area contributed by atoms with Crippen LogP contribution in [-0.2, 0) is 16.3 Å². The van der Waals surface area contributed by atoms with E-state index in [9.17, 15) is 13.2 Å². The quantitative estimate of drug-likeness (QED) is 0.397. The van der Waals surface area contributed by atoms with Crippen LogP contribution in [0.15, 0.2) is 101 Å². The Morgan fingerprint density at radius 2 is 1.64 bits per heavy atom. The molecule has 0 bridgehead atoms. The van der Waals surface area contributed by atoms with Crippen molar-refractivity contribution in [2.75, 3.05) is 5.32 Å². The van der Waals surface area contributed by atoms with Gasteiger partial charge in [0.25, 0.3) is 5.91 Å². The number of carbonyl (C=O) groups excluding carboxylic acids is 1. The van der Waals surface area contributed by atoms with E-state index in [1.165, 1.54) is 5.41 Å². The number of anilines is 1. The van der Waals surface area contributed by atoms with Crippen LogP contribution >= 0.6 is 0 Å². The molecule has 4 rings (SSSR count). The predicted molar refractivity (Wildman–Crippen MR) is 147 cm³/mol. The fourth-order valence-electron chi connectivity index (χ4n) is 4.50. The Morgan fingerprint density at radius 1 is 0.972 bits per heavy atom. The first-order chi connectivity index (χ1) is 17.1. The van der Waals surface area contributed by atoms with Crippen molar-refractivity contribution in [1.82, 2.24) is 5.32 Å². The Kier molecular flexibility index (Phi) is 7.45. The van der Waals surface area contributed by atoms with E-state index in [1.807, 2.05) is 49.4 Å². The second-order valence-electron chi connectivity index (χ2n) is 9.69. The van der Waals surface area contributed by atoms with Crippen molar-refractivity contribution in [3.8, 4) is 0 Å². The minimum Gasteiger partial charge on any atom is -0.376 e. The molecular formula is C30H32N2O3S. The van der Waals surface area contributed by atoms with E-state index in [2.05, 4.69) is 30.6 Å². The number of amides is 1. The molecule has 5 nitrogen and oxygen atoms in total. The van der Waals surface area contributed by atoms with Gasteiger partial charge in [-0.05, 0) is 62.9 Å². The van der Waals surface area contributed by atoms with Crippen LogP contribution in [0, 0.1) is 0 Å². The Balaban J connectivity index is 1.60. The molecule has 1 aliphatic rings. The minimum absolute atomic E-state index is 0.222. The average Bonchev–Trinajstić information content (AvgIpc) is 2.86. The molecule has 0 saturated heterocycles. The molecule has 0 radical (unpaired) electrons. The van der Waals surface area contributed by atoms with E-state index in [0.717, 1.165) is 22.4 Å². The van der Waals surface area contributed by atoms with Crippen LogP contribution in [0.3, 0.4) is 0 Å². The van der Waals surface area contributed by atoms with Crippen LogP contribution in [0.25, 0.3) is 5.57 Å². The first-order valence-corrected chi connectivity index (χ1v) is 13.6. The number of carbonyl (C=O) groups is 1. The molecule has 3 aromatic rings. The highest BCUT2D eigenvalue weighted by molar-refractivity contribution is 7.94. The highest BCUT2D eigenvalue weighted by Crippen LogP contribution is 2.36. The van der Waals surface area contributed by atoms with Crippen molar-refractivity contribution >= 4 is 27.0 Å². The SMILES string of the molecule is CC1=CC(C)(C)Nc2c(C(=O)N[C@H](/C=C/S(=O)(=O)c3ccccc3)CCc3ccccc3)cccc21. The third kappa shape index (κ3) is 6.13. The van der Waals surface area contributed by atoms with E-state index in [1.54, 1.807) is 42.5 Å². The lowest BCUT2D eigenvalue weighted by Crippen LogP contribution is -2.37. The summed E-state index contributed by atoms with van der Waals surface area (Å²) in [5, 5.41) is 7.75. The van der Waals surface area contributed by atoms with E-state index in [0.29, 0.717) is 18.4 Å². The molecular weight excluding hydrogens is 468 g/mol. The zero-order chi connectivity index (χ0) is 25.8. The van der Waals surface area contributed by atoms with Gasteiger partial charge >= 0.3 is 0 Å². The number of hydrogen-bond donors (Lipinski definition) is 2. The van der Waals surface area contributed by atoms with Gasteiger partial charge in [-0.2, -0.15) is 0 Å². The number of allylic oxidation sites excluding steroid dienone is 1. The number of nitrogens with one attached hydrogen (secondary N) is 2. The van der Waals surface area contributed by atoms with Crippen molar-refractivity contribution in [2.45, 2.75) is 50.1 Å². The van der Waals surface area contributed by atoms with Crippen molar-refractivity contribution in [3.63, 3.8) is 0 Å². The average molecular weight is 501 g/mol. The van der Waals surface area contributed by atoms with Crippen molar-refractivity contribution in [2.24, 2.45) is 0 Å². The summed E-state index contributed by atoms with van der Waals surface area (Å²) in [4.78, 5) is 13.7. The van der Waals surface area contributed by atoms with Gasteiger partial charge in [-0.1, -0.05) is 72.8 Å². The van der Waals surface area contributed by atoms with Gasteiger partial charge in [0.1, 0.15) is 0 Å². The van der Waals surface area contributed by atoms with Gasteiger partial charge in [0, 0.05) is 17.0 Å². The second-order valence-corrected chi connectivity index (χ2v) is 11.5.